The predicted octanol–water partition coefficient (Wildman–Crippen LogP) is 5.81. The number of rotatable bonds is 6. The molecular weight excluding hydrogens is 477 g/mol. The number of alkyl halides is 3. The van der Waals surface area contributed by atoms with Gasteiger partial charge in [0.05, 0.1) is 21.8 Å². The summed E-state index contributed by atoms with van der Waals surface area (Å²) in [7, 11) is -4.19. The second-order valence-electron chi connectivity index (χ2n) is 7.35. The maximum Gasteiger partial charge on any atom is 0.418 e. The van der Waals surface area contributed by atoms with Gasteiger partial charge < -0.3 is 5.32 Å². The minimum absolute atomic E-state index is 0.0553. The van der Waals surface area contributed by atoms with Crippen molar-refractivity contribution < 1.29 is 26.4 Å². The standard InChI is InChI=1S/C23H20ClF3N2O3S/c1-15-8-11-21(16(2)12-15)29(33(31,32)18-6-4-3-5-7-18)14-22(30)28-20-10-9-17(24)13-19(20)23(25,26)27/h3-13H,14H2,1-2H3,(H,28,30). The molecule has 1 N–H and O–H groups in total. The molecule has 5 nitrogen and oxygen atoms in total. The van der Waals surface area contributed by atoms with Crippen LogP contribution in [-0.2, 0) is 21.0 Å². The molecule has 0 aliphatic rings. The molecule has 174 valence electrons. The first-order chi connectivity index (χ1) is 15.4. The predicted molar refractivity (Wildman–Crippen MR) is 122 cm³/mol. The second kappa shape index (κ2) is 9.44. The molecule has 3 aromatic carbocycles. The Morgan fingerprint density at radius 1 is 1.00 bits per heavy atom. The van der Waals surface area contributed by atoms with E-state index in [0.29, 0.717) is 11.6 Å². The molecule has 0 saturated heterocycles. The van der Waals surface area contributed by atoms with Crippen LogP contribution in [0.25, 0.3) is 0 Å². The monoisotopic (exact) mass is 496 g/mol. The van der Waals surface area contributed by atoms with Crippen LogP contribution in [0.3, 0.4) is 0 Å². The summed E-state index contributed by atoms with van der Waals surface area (Å²) in [5, 5.41) is 2.03. The molecule has 0 unspecified atom stereocenters. The first kappa shape index (κ1) is 24.6. The number of benzene rings is 3. The van der Waals surface area contributed by atoms with E-state index in [1.165, 1.54) is 30.3 Å². The summed E-state index contributed by atoms with van der Waals surface area (Å²) >= 11 is 5.68. The molecule has 0 aliphatic heterocycles. The Morgan fingerprint density at radius 2 is 1.67 bits per heavy atom. The molecule has 3 rings (SSSR count). The van der Waals surface area contributed by atoms with Gasteiger partial charge >= 0.3 is 6.18 Å². The minimum Gasteiger partial charge on any atom is -0.324 e. The molecule has 0 fully saturated rings. The largest absolute Gasteiger partial charge is 0.418 e. The Labute approximate surface area is 194 Å². The van der Waals surface area contributed by atoms with Crippen molar-refractivity contribution in [2.75, 3.05) is 16.2 Å². The Hall–Kier alpha value is -3.04. The highest BCUT2D eigenvalue weighted by Crippen LogP contribution is 2.36. The van der Waals surface area contributed by atoms with Gasteiger partial charge in [-0.25, -0.2) is 8.42 Å². The smallest absolute Gasteiger partial charge is 0.324 e. The minimum atomic E-state index is -4.77. The number of carbonyl (C=O) groups excluding carboxylic acids is 1. The quantitative estimate of drug-likeness (QED) is 0.468. The molecule has 0 saturated carbocycles. The maximum absolute atomic E-state index is 13.4. The Balaban J connectivity index is 2.01. The van der Waals surface area contributed by atoms with Gasteiger partial charge in [0.2, 0.25) is 5.91 Å². The lowest BCUT2D eigenvalue weighted by Gasteiger charge is -2.26. The average Bonchev–Trinajstić information content (AvgIpc) is 2.73. The second-order valence-corrected chi connectivity index (χ2v) is 9.65. The van der Waals surface area contributed by atoms with Gasteiger partial charge in [-0.05, 0) is 55.8 Å². The third-order valence-corrected chi connectivity index (χ3v) is 6.81. The van der Waals surface area contributed by atoms with Gasteiger partial charge in [0.1, 0.15) is 6.54 Å². The fraction of sp³-hybridized carbons (Fsp3) is 0.174. The molecule has 0 spiro atoms. The molecular formula is C23H20ClF3N2O3S. The summed E-state index contributed by atoms with van der Waals surface area (Å²) in [6.45, 7) is 2.79. The van der Waals surface area contributed by atoms with Crippen molar-refractivity contribution in [3.05, 3.63) is 88.4 Å². The number of halogens is 4. The zero-order chi connectivity index (χ0) is 24.4. The number of hydrogen-bond acceptors (Lipinski definition) is 3. The first-order valence-electron chi connectivity index (χ1n) is 9.71. The van der Waals surface area contributed by atoms with E-state index in [4.69, 9.17) is 11.6 Å². The Morgan fingerprint density at radius 3 is 2.27 bits per heavy atom. The summed E-state index contributed by atoms with van der Waals surface area (Å²) < 4.78 is 67.8. The normalized spacial score (nSPS) is 11.8. The van der Waals surface area contributed by atoms with Gasteiger partial charge in [-0.2, -0.15) is 13.2 Å². The third-order valence-electron chi connectivity index (χ3n) is 4.80. The summed E-state index contributed by atoms with van der Waals surface area (Å²) in [4.78, 5) is 12.7. The van der Waals surface area contributed by atoms with E-state index in [1.54, 1.807) is 31.2 Å². The summed E-state index contributed by atoms with van der Waals surface area (Å²) in [5.74, 6) is -0.942. The van der Waals surface area contributed by atoms with Crippen LogP contribution in [0.5, 0.6) is 0 Å². The van der Waals surface area contributed by atoms with Crippen LogP contribution < -0.4 is 9.62 Å². The lowest BCUT2D eigenvalue weighted by Crippen LogP contribution is -2.38. The van der Waals surface area contributed by atoms with E-state index >= 15 is 0 Å². The summed E-state index contributed by atoms with van der Waals surface area (Å²) in [6, 6.07) is 15.4. The van der Waals surface area contributed by atoms with Crippen LogP contribution >= 0.6 is 11.6 Å². The number of carbonyl (C=O) groups is 1. The molecule has 1 amide bonds. The summed E-state index contributed by atoms with van der Waals surface area (Å²) in [5.41, 5.74) is 0.0622. The molecule has 33 heavy (non-hydrogen) atoms. The van der Waals surface area contributed by atoms with Crippen molar-refractivity contribution in [3.63, 3.8) is 0 Å². The van der Waals surface area contributed by atoms with Crippen LogP contribution in [-0.4, -0.2) is 20.9 Å². The van der Waals surface area contributed by atoms with Crippen LogP contribution in [0, 0.1) is 13.8 Å². The van der Waals surface area contributed by atoms with Crippen molar-refractivity contribution in [2.24, 2.45) is 0 Å². The van der Waals surface area contributed by atoms with Crippen molar-refractivity contribution in [1.29, 1.82) is 0 Å². The summed E-state index contributed by atoms with van der Waals surface area (Å²) in [6.07, 6.45) is -4.77. The molecule has 3 aromatic rings. The average molecular weight is 497 g/mol. The van der Waals surface area contributed by atoms with Gasteiger partial charge in [0, 0.05) is 5.02 Å². The van der Waals surface area contributed by atoms with E-state index in [0.717, 1.165) is 15.9 Å². The fourth-order valence-corrected chi connectivity index (χ4v) is 4.96. The van der Waals surface area contributed by atoms with Crippen LogP contribution in [0.1, 0.15) is 16.7 Å². The highest BCUT2D eigenvalue weighted by molar-refractivity contribution is 7.92. The Bertz CT molecular complexity index is 1280. The van der Waals surface area contributed by atoms with Gasteiger partial charge in [0.15, 0.2) is 0 Å². The zero-order valence-corrected chi connectivity index (χ0v) is 19.2. The Kier molecular flexibility index (Phi) is 7.04. The van der Waals surface area contributed by atoms with Gasteiger partial charge in [-0.1, -0.05) is 47.5 Å². The van der Waals surface area contributed by atoms with Crippen LogP contribution in [0.15, 0.2) is 71.6 Å². The lowest BCUT2D eigenvalue weighted by molar-refractivity contribution is -0.137. The molecule has 0 radical (unpaired) electrons. The van der Waals surface area contributed by atoms with Crippen molar-refractivity contribution in [3.8, 4) is 0 Å². The van der Waals surface area contributed by atoms with Crippen LogP contribution in [0.2, 0.25) is 5.02 Å². The van der Waals surface area contributed by atoms with E-state index in [1.807, 2.05) is 6.92 Å². The number of amides is 1. The lowest BCUT2D eigenvalue weighted by atomic mass is 10.1. The maximum atomic E-state index is 13.4. The zero-order valence-electron chi connectivity index (χ0n) is 17.7. The fourth-order valence-electron chi connectivity index (χ4n) is 3.28. The van der Waals surface area contributed by atoms with Crippen molar-refractivity contribution in [1.82, 2.24) is 0 Å². The van der Waals surface area contributed by atoms with Crippen molar-refractivity contribution >= 4 is 38.9 Å². The topological polar surface area (TPSA) is 66.5 Å². The van der Waals surface area contributed by atoms with Gasteiger partial charge in [0.25, 0.3) is 10.0 Å². The van der Waals surface area contributed by atoms with E-state index in [2.05, 4.69) is 5.32 Å². The molecule has 10 heteroatoms. The number of aryl methyl sites for hydroxylation is 2. The highest BCUT2D eigenvalue weighted by atomic mass is 35.5. The van der Waals surface area contributed by atoms with Crippen molar-refractivity contribution in [2.45, 2.75) is 24.9 Å². The van der Waals surface area contributed by atoms with Crippen LogP contribution in [0.4, 0.5) is 24.5 Å². The first-order valence-corrected chi connectivity index (χ1v) is 11.5. The SMILES string of the molecule is Cc1ccc(N(CC(=O)Nc2ccc(Cl)cc2C(F)(F)F)S(=O)(=O)c2ccccc2)c(C)c1. The van der Waals surface area contributed by atoms with E-state index in [-0.39, 0.29) is 15.6 Å². The number of anilines is 2. The number of nitrogens with zero attached hydrogens (tertiary/aromatic N) is 1. The number of hydrogen-bond donors (Lipinski definition) is 1. The molecule has 0 bridgehead atoms. The molecule has 0 aromatic heterocycles. The molecule has 0 heterocycles. The molecule has 0 atom stereocenters. The third kappa shape index (κ3) is 5.66. The highest BCUT2D eigenvalue weighted by Gasteiger charge is 2.35. The van der Waals surface area contributed by atoms with Gasteiger partial charge in [-0.3, -0.25) is 9.10 Å². The van der Waals surface area contributed by atoms with E-state index in [9.17, 15) is 26.4 Å². The molecule has 0 aliphatic carbocycles. The number of sulfonamides is 1. The van der Waals surface area contributed by atoms with Gasteiger partial charge in [-0.15, -0.1) is 0 Å². The van der Waals surface area contributed by atoms with E-state index < -0.39 is 39.9 Å². The number of nitrogens with one attached hydrogen (secondary N) is 1.